The third-order valence-electron chi connectivity index (χ3n) is 12.5. The van der Waals surface area contributed by atoms with Gasteiger partial charge in [-0.15, -0.1) is 0 Å². The molecule has 0 radical (unpaired) electrons. The van der Waals surface area contributed by atoms with Gasteiger partial charge in [-0.3, -0.25) is 0 Å². The van der Waals surface area contributed by atoms with Crippen molar-refractivity contribution in [1.29, 1.82) is 0 Å². The van der Waals surface area contributed by atoms with Gasteiger partial charge in [-0.05, 0) is 98.2 Å². The SMILES string of the molecule is CCc1cc(C2C(O)C(c3ccc(N(CC)CCCCCCN(CC)c4ccc(C5C(O)C(c6cc(CC)c(O)cc6O)C5O)cc4)cc3)C2O)c(O)cc1O. The van der Waals surface area contributed by atoms with E-state index in [0.29, 0.717) is 35.1 Å². The number of phenols is 4. The second kappa shape index (κ2) is 17.8. The van der Waals surface area contributed by atoms with E-state index in [1.54, 1.807) is 12.1 Å². The van der Waals surface area contributed by atoms with E-state index in [2.05, 4.69) is 47.9 Å². The zero-order valence-electron chi connectivity index (χ0n) is 33.1. The predicted octanol–water partition coefficient (Wildman–Crippen LogP) is 6.75. The van der Waals surface area contributed by atoms with Crippen LogP contribution in [0.25, 0.3) is 0 Å². The smallest absolute Gasteiger partial charge is 0.122 e. The lowest BCUT2D eigenvalue weighted by Crippen LogP contribution is -2.51. The number of aliphatic hydroxyl groups excluding tert-OH is 4. The number of benzene rings is 4. The number of aryl methyl sites for hydroxylation is 2. The first-order valence-corrected chi connectivity index (χ1v) is 20.4. The molecule has 2 saturated carbocycles. The van der Waals surface area contributed by atoms with Crippen molar-refractivity contribution in [3.63, 3.8) is 0 Å². The first kappa shape index (κ1) is 41.2. The van der Waals surface area contributed by atoms with Crippen molar-refractivity contribution in [1.82, 2.24) is 0 Å². The van der Waals surface area contributed by atoms with E-state index in [9.17, 15) is 40.9 Å². The van der Waals surface area contributed by atoms with Gasteiger partial charge in [-0.25, -0.2) is 0 Å². The fourth-order valence-electron chi connectivity index (χ4n) is 9.03. The summed E-state index contributed by atoms with van der Waals surface area (Å²) in [6.07, 6.45) is 2.06. The summed E-state index contributed by atoms with van der Waals surface area (Å²) < 4.78 is 0. The second-order valence-electron chi connectivity index (χ2n) is 15.6. The van der Waals surface area contributed by atoms with Gasteiger partial charge in [0.1, 0.15) is 23.0 Å². The van der Waals surface area contributed by atoms with Gasteiger partial charge in [0.2, 0.25) is 0 Å². The van der Waals surface area contributed by atoms with Crippen LogP contribution < -0.4 is 9.80 Å². The van der Waals surface area contributed by atoms with E-state index in [0.717, 1.165) is 74.4 Å². The Hall–Kier alpha value is -4.48. The maximum absolute atomic E-state index is 11.1. The molecule has 6 rings (SSSR count). The zero-order valence-corrected chi connectivity index (χ0v) is 33.1. The maximum Gasteiger partial charge on any atom is 0.122 e. The Bertz CT molecular complexity index is 1760. The molecular formula is C46H60N2O8. The van der Waals surface area contributed by atoms with Crippen LogP contribution in [0.4, 0.5) is 11.4 Å². The monoisotopic (exact) mass is 768 g/mol. The molecule has 4 aromatic carbocycles. The van der Waals surface area contributed by atoms with Crippen molar-refractivity contribution < 1.29 is 40.9 Å². The van der Waals surface area contributed by atoms with Gasteiger partial charge >= 0.3 is 0 Å². The number of unbranched alkanes of at least 4 members (excludes halogenated alkanes) is 3. The summed E-state index contributed by atoms with van der Waals surface area (Å²) in [5.74, 6) is -2.37. The summed E-state index contributed by atoms with van der Waals surface area (Å²) in [6, 6.07) is 22.1. The number of anilines is 2. The predicted molar refractivity (Wildman–Crippen MR) is 220 cm³/mol. The summed E-state index contributed by atoms with van der Waals surface area (Å²) in [5.41, 5.74) is 6.17. The Labute approximate surface area is 330 Å². The molecule has 4 unspecified atom stereocenters. The van der Waals surface area contributed by atoms with Gasteiger partial charge in [0, 0.05) is 84.5 Å². The highest BCUT2D eigenvalue weighted by Gasteiger charge is 2.52. The fourth-order valence-corrected chi connectivity index (χ4v) is 9.03. The number of rotatable bonds is 17. The van der Waals surface area contributed by atoms with Gasteiger partial charge in [0.05, 0.1) is 24.4 Å². The molecule has 8 N–H and O–H groups in total. The minimum Gasteiger partial charge on any atom is -0.508 e. The van der Waals surface area contributed by atoms with Crippen LogP contribution in [0.15, 0.2) is 72.8 Å². The van der Waals surface area contributed by atoms with Crippen molar-refractivity contribution in [2.24, 2.45) is 0 Å². The average molecular weight is 769 g/mol. The van der Waals surface area contributed by atoms with Crippen LogP contribution in [0.3, 0.4) is 0 Å². The van der Waals surface area contributed by atoms with Gasteiger partial charge in [0.25, 0.3) is 0 Å². The molecule has 0 bridgehead atoms. The van der Waals surface area contributed by atoms with E-state index in [1.165, 1.54) is 12.1 Å². The van der Waals surface area contributed by atoms with Crippen LogP contribution in [0.1, 0.15) is 110 Å². The van der Waals surface area contributed by atoms with E-state index >= 15 is 0 Å². The van der Waals surface area contributed by atoms with Crippen molar-refractivity contribution in [3.8, 4) is 23.0 Å². The Morgan fingerprint density at radius 1 is 0.429 bits per heavy atom. The van der Waals surface area contributed by atoms with Crippen LogP contribution in [0.5, 0.6) is 23.0 Å². The largest absolute Gasteiger partial charge is 0.508 e. The van der Waals surface area contributed by atoms with Crippen LogP contribution in [-0.4, -0.2) is 91.4 Å². The lowest BCUT2D eigenvalue weighted by atomic mass is 9.63. The van der Waals surface area contributed by atoms with Crippen LogP contribution in [0.2, 0.25) is 0 Å². The molecule has 0 aliphatic heterocycles. The second-order valence-corrected chi connectivity index (χ2v) is 15.6. The van der Waals surface area contributed by atoms with Crippen LogP contribution in [0, 0.1) is 0 Å². The quantitative estimate of drug-likeness (QED) is 0.0538. The molecule has 0 spiro atoms. The van der Waals surface area contributed by atoms with Crippen molar-refractivity contribution in [2.75, 3.05) is 36.0 Å². The molecular weight excluding hydrogens is 709 g/mol. The van der Waals surface area contributed by atoms with Crippen molar-refractivity contribution in [2.45, 2.75) is 114 Å². The van der Waals surface area contributed by atoms with Gasteiger partial charge in [-0.1, -0.05) is 51.0 Å². The molecule has 56 heavy (non-hydrogen) atoms. The molecule has 0 aromatic heterocycles. The van der Waals surface area contributed by atoms with Crippen molar-refractivity contribution in [3.05, 3.63) is 106 Å². The number of aliphatic hydroxyl groups is 4. The summed E-state index contributed by atoms with van der Waals surface area (Å²) in [7, 11) is 0. The number of phenolic OH excluding ortho intramolecular Hbond substituents is 4. The summed E-state index contributed by atoms with van der Waals surface area (Å²) in [4.78, 5) is 4.68. The third-order valence-corrected chi connectivity index (χ3v) is 12.5. The molecule has 4 aromatic rings. The number of hydrogen-bond donors (Lipinski definition) is 8. The highest BCUT2D eigenvalue weighted by Crippen LogP contribution is 2.52. The molecule has 0 heterocycles. The number of hydrogen-bond acceptors (Lipinski definition) is 10. The topological polar surface area (TPSA) is 168 Å². The Balaban J connectivity index is 0.947. The van der Waals surface area contributed by atoms with E-state index in [4.69, 9.17) is 0 Å². The minimum atomic E-state index is -0.853. The van der Waals surface area contributed by atoms with Gasteiger partial charge in [0.15, 0.2) is 0 Å². The number of aromatic hydroxyl groups is 4. The first-order valence-electron chi connectivity index (χ1n) is 20.4. The fraction of sp³-hybridized carbons (Fsp3) is 0.478. The standard InChI is InChI=1S/C46H60N2O8/c1-5-27-23-33(37(51)25-35(27)49)41-43(53)39(44(41)54)29-13-17-31(18-14-29)47(7-3)21-11-9-10-12-22-48(8-4)32-19-15-30(16-20-32)40-45(55)42(46(40)56)34-24-28(6-2)36(50)26-38(34)52/h13-20,23-26,39-46,49-56H,5-12,21-22H2,1-4H3. The van der Waals surface area contributed by atoms with Crippen LogP contribution in [-0.2, 0) is 12.8 Å². The molecule has 302 valence electrons. The minimum absolute atomic E-state index is 0.0125. The Morgan fingerprint density at radius 2 is 0.768 bits per heavy atom. The van der Waals surface area contributed by atoms with Crippen LogP contribution >= 0.6 is 0 Å². The Kier molecular flexibility index (Phi) is 13.1. The highest BCUT2D eigenvalue weighted by atomic mass is 16.3. The normalized spacial score (nSPS) is 24.4. The molecule has 10 nitrogen and oxygen atoms in total. The molecule has 2 aliphatic rings. The molecule has 0 amide bonds. The lowest BCUT2D eigenvalue weighted by Gasteiger charge is -2.47. The summed E-state index contributed by atoms with van der Waals surface area (Å²) in [6.45, 7) is 11.7. The van der Waals surface area contributed by atoms with Gasteiger partial charge < -0.3 is 50.7 Å². The highest BCUT2D eigenvalue weighted by molar-refractivity contribution is 5.54. The third kappa shape index (κ3) is 8.03. The molecule has 0 saturated heterocycles. The molecule has 4 atom stereocenters. The van der Waals surface area contributed by atoms with Crippen molar-refractivity contribution >= 4 is 11.4 Å². The first-order chi connectivity index (χ1) is 26.9. The Morgan fingerprint density at radius 3 is 1.07 bits per heavy atom. The maximum atomic E-state index is 11.1. The van der Waals surface area contributed by atoms with E-state index in [-0.39, 0.29) is 23.0 Å². The molecule has 10 heteroatoms. The lowest BCUT2D eigenvalue weighted by molar-refractivity contribution is -0.0795. The van der Waals surface area contributed by atoms with E-state index in [1.807, 2.05) is 38.1 Å². The summed E-state index contributed by atoms with van der Waals surface area (Å²) >= 11 is 0. The van der Waals surface area contributed by atoms with Gasteiger partial charge in [-0.2, -0.15) is 0 Å². The molecule has 2 aliphatic carbocycles. The number of nitrogens with zero attached hydrogens (tertiary/aromatic N) is 2. The zero-order chi connectivity index (χ0) is 40.3. The average Bonchev–Trinajstić information content (AvgIpc) is 3.19. The van der Waals surface area contributed by atoms with E-state index < -0.39 is 48.1 Å². The summed E-state index contributed by atoms with van der Waals surface area (Å²) in [5, 5.41) is 85.4. The molecule has 2 fully saturated rings.